The summed E-state index contributed by atoms with van der Waals surface area (Å²) in [6.07, 6.45) is 0. The third kappa shape index (κ3) is 3.71. The highest BCUT2D eigenvalue weighted by molar-refractivity contribution is 9.10. The zero-order valence-electron chi connectivity index (χ0n) is 10.9. The first-order valence-corrected chi connectivity index (χ1v) is 7.15. The standard InChI is InChI=1S/C15H14BrNO2S/c1-18-13-7-4-11(15(17)20)8-14(13)19-9-10-2-5-12(16)6-3-10/h2-8H,9H2,1H3,(H2,17,20). The first-order valence-electron chi connectivity index (χ1n) is 5.95. The number of thiocarbonyl (C=S) groups is 1. The van der Waals surface area contributed by atoms with Crippen LogP contribution in [0.4, 0.5) is 0 Å². The summed E-state index contributed by atoms with van der Waals surface area (Å²) in [7, 11) is 1.60. The normalized spacial score (nSPS) is 10.1. The van der Waals surface area contributed by atoms with E-state index in [1.54, 1.807) is 19.2 Å². The lowest BCUT2D eigenvalue weighted by Gasteiger charge is -2.12. The Morgan fingerprint density at radius 3 is 2.45 bits per heavy atom. The molecule has 2 aromatic carbocycles. The smallest absolute Gasteiger partial charge is 0.162 e. The Kier molecular flexibility index (Phi) is 4.98. The highest BCUT2D eigenvalue weighted by Crippen LogP contribution is 2.29. The first-order chi connectivity index (χ1) is 9.60. The van der Waals surface area contributed by atoms with E-state index in [0.29, 0.717) is 23.1 Å². The Morgan fingerprint density at radius 1 is 1.15 bits per heavy atom. The Labute approximate surface area is 131 Å². The van der Waals surface area contributed by atoms with Gasteiger partial charge in [0.15, 0.2) is 11.5 Å². The van der Waals surface area contributed by atoms with Crippen molar-refractivity contribution < 1.29 is 9.47 Å². The third-order valence-corrected chi connectivity index (χ3v) is 3.52. The van der Waals surface area contributed by atoms with E-state index in [1.807, 2.05) is 30.3 Å². The molecular formula is C15H14BrNO2S. The van der Waals surface area contributed by atoms with E-state index in [2.05, 4.69) is 15.9 Å². The topological polar surface area (TPSA) is 44.5 Å². The summed E-state index contributed by atoms with van der Waals surface area (Å²) in [5.74, 6) is 1.28. The number of hydrogen-bond donors (Lipinski definition) is 1. The summed E-state index contributed by atoms with van der Waals surface area (Å²) < 4.78 is 12.1. The number of methoxy groups -OCH3 is 1. The molecule has 5 heteroatoms. The van der Waals surface area contributed by atoms with E-state index >= 15 is 0 Å². The molecule has 0 radical (unpaired) electrons. The summed E-state index contributed by atoms with van der Waals surface area (Å²) in [4.78, 5) is 0.334. The molecule has 20 heavy (non-hydrogen) atoms. The molecule has 2 rings (SSSR count). The van der Waals surface area contributed by atoms with Crippen molar-refractivity contribution in [3.63, 3.8) is 0 Å². The molecule has 0 aliphatic rings. The number of ether oxygens (including phenoxy) is 2. The van der Waals surface area contributed by atoms with Gasteiger partial charge in [0, 0.05) is 10.0 Å². The Balaban J connectivity index is 2.16. The van der Waals surface area contributed by atoms with E-state index in [9.17, 15) is 0 Å². The quantitative estimate of drug-likeness (QED) is 0.834. The molecule has 0 atom stereocenters. The number of hydrogen-bond acceptors (Lipinski definition) is 3. The van der Waals surface area contributed by atoms with E-state index in [4.69, 9.17) is 27.4 Å². The lowest BCUT2D eigenvalue weighted by atomic mass is 10.2. The van der Waals surface area contributed by atoms with Gasteiger partial charge < -0.3 is 15.2 Å². The highest BCUT2D eigenvalue weighted by atomic mass is 79.9. The van der Waals surface area contributed by atoms with Crippen LogP contribution in [-0.2, 0) is 6.61 Å². The van der Waals surface area contributed by atoms with Crippen molar-refractivity contribution in [1.29, 1.82) is 0 Å². The zero-order chi connectivity index (χ0) is 14.5. The van der Waals surface area contributed by atoms with Crippen LogP contribution in [0.5, 0.6) is 11.5 Å². The van der Waals surface area contributed by atoms with Gasteiger partial charge in [-0.2, -0.15) is 0 Å². The van der Waals surface area contributed by atoms with Gasteiger partial charge in [0.2, 0.25) is 0 Å². The van der Waals surface area contributed by atoms with Gasteiger partial charge in [0.25, 0.3) is 0 Å². The SMILES string of the molecule is COc1ccc(C(N)=S)cc1OCc1ccc(Br)cc1. The van der Waals surface area contributed by atoms with Gasteiger partial charge in [-0.05, 0) is 35.9 Å². The third-order valence-electron chi connectivity index (χ3n) is 2.76. The van der Waals surface area contributed by atoms with Crippen molar-refractivity contribution in [1.82, 2.24) is 0 Å². The second kappa shape index (κ2) is 6.72. The maximum atomic E-state index is 5.79. The molecule has 0 fully saturated rings. The average molecular weight is 352 g/mol. The van der Waals surface area contributed by atoms with Crippen LogP contribution < -0.4 is 15.2 Å². The number of benzene rings is 2. The number of halogens is 1. The van der Waals surface area contributed by atoms with Crippen LogP contribution in [0.3, 0.4) is 0 Å². The molecule has 3 nitrogen and oxygen atoms in total. The highest BCUT2D eigenvalue weighted by Gasteiger charge is 2.07. The Bertz CT molecular complexity index is 614. The fourth-order valence-electron chi connectivity index (χ4n) is 1.68. The molecule has 2 aromatic rings. The van der Waals surface area contributed by atoms with Crippen LogP contribution in [0.15, 0.2) is 46.9 Å². The minimum absolute atomic E-state index is 0.334. The largest absolute Gasteiger partial charge is 0.493 e. The van der Waals surface area contributed by atoms with Gasteiger partial charge >= 0.3 is 0 Å². The van der Waals surface area contributed by atoms with Gasteiger partial charge in [-0.15, -0.1) is 0 Å². The molecule has 0 saturated heterocycles. The van der Waals surface area contributed by atoms with Crippen LogP contribution in [0, 0.1) is 0 Å². The molecule has 0 unspecified atom stereocenters. The minimum Gasteiger partial charge on any atom is -0.493 e. The maximum Gasteiger partial charge on any atom is 0.162 e. The molecule has 0 heterocycles. The lowest BCUT2D eigenvalue weighted by Crippen LogP contribution is -2.09. The summed E-state index contributed by atoms with van der Waals surface area (Å²) in [5, 5.41) is 0. The molecule has 104 valence electrons. The molecule has 0 aromatic heterocycles. The van der Waals surface area contributed by atoms with E-state index in [-0.39, 0.29) is 0 Å². The van der Waals surface area contributed by atoms with Crippen molar-refractivity contribution in [3.05, 3.63) is 58.1 Å². The summed E-state index contributed by atoms with van der Waals surface area (Å²) in [5.41, 5.74) is 7.45. The fourth-order valence-corrected chi connectivity index (χ4v) is 2.08. The van der Waals surface area contributed by atoms with Crippen molar-refractivity contribution in [2.45, 2.75) is 6.61 Å². The molecule has 0 spiro atoms. The molecule has 2 N–H and O–H groups in total. The maximum absolute atomic E-state index is 5.79. The van der Waals surface area contributed by atoms with Crippen LogP contribution in [0.1, 0.15) is 11.1 Å². The Hall–Kier alpha value is -1.59. The van der Waals surface area contributed by atoms with Crippen molar-refractivity contribution in [2.24, 2.45) is 5.73 Å². The molecular weight excluding hydrogens is 338 g/mol. The van der Waals surface area contributed by atoms with Crippen LogP contribution in [0.2, 0.25) is 0 Å². The van der Waals surface area contributed by atoms with Crippen LogP contribution in [0.25, 0.3) is 0 Å². The Morgan fingerprint density at radius 2 is 1.85 bits per heavy atom. The fraction of sp³-hybridized carbons (Fsp3) is 0.133. The van der Waals surface area contributed by atoms with Crippen LogP contribution in [-0.4, -0.2) is 12.1 Å². The summed E-state index contributed by atoms with van der Waals surface area (Å²) in [6.45, 7) is 0.449. The monoisotopic (exact) mass is 351 g/mol. The van der Waals surface area contributed by atoms with Crippen LogP contribution >= 0.6 is 28.1 Å². The summed E-state index contributed by atoms with van der Waals surface area (Å²) in [6, 6.07) is 13.3. The molecule has 0 aliphatic heterocycles. The lowest BCUT2D eigenvalue weighted by molar-refractivity contribution is 0.284. The van der Waals surface area contributed by atoms with Gasteiger partial charge in [0.05, 0.1) is 7.11 Å². The minimum atomic E-state index is 0.334. The predicted molar refractivity (Wildman–Crippen MR) is 87.4 cm³/mol. The average Bonchev–Trinajstić information content (AvgIpc) is 2.46. The zero-order valence-corrected chi connectivity index (χ0v) is 13.3. The van der Waals surface area contributed by atoms with E-state index < -0.39 is 0 Å². The van der Waals surface area contributed by atoms with E-state index in [1.165, 1.54) is 0 Å². The summed E-state index contributed by atoms with van der Waals surface area (Å²) >= 11 is 8.37. The van der Waals surface area contributed by atoms with Gasteiger partial charge in [-0.1, -0.05) is 40.3 Å². The van der Waals surface area contributed by atoms with Gasteiger partial charge in [-0.3, -0.25) is 0 Å². The van der Waals surface area contributed by atoms with Crippen molar-refractivity contribution in [2.75, 3.05) is 7.11 Å². The second-order valence-electron chi connectivity index (χ2n) is 4.15. The predicted octanol–water partition coefficient (Wildman–Crippen LogP) is 3.67. The molecule has 0 amide bonds. The van der Waals surface area contributed by atoms with Gasteiger partial charge in [-0.25, -0.2) is 0 Å². The van der Waals surface area contributed by atoms with Crippen molar-refractivity contribution in [3.8, 4) is 11.5 Å². The molecule has 0 bridgehead atoms. The van der Waals surface area contributed by atoms with Gasteiger partial charge in [0.1, 0.15) is 11.6 Å². The second-order valence-corrected chi connectivity index (χ2v) is 5.50. The number of nitrogens with two attached hydrogens (primary N) is 1. The molecule has 0 aliphatic carbocycles. The van der Waals surface area contributed by atoms with Crippen molar-refractivity contribution >= 4 is 33.1 Å². The number of rotatable bonds is 5. The van der Waals surface area contributed by atoms with E-state index in [0.717, 1.165) is 15.6 Å². The molecule has 0 saturated carbocycles. The first kappa shape index (κ1) is 14.8.